The molecule has 1 aromatic heterocycles. The predicted octanol–water partition coefficient (Wildman–Crippen LogP) is 7.54. The zero-order valence-electron chi connectivity index (χ0n) is 29.1. The first-order chi connectivity index (χ1) is 23.9. The van der Waals surface area contributed by atoms with Crippen molar-refractivity contribution in [1.82, 2.24) is 20.4 Å². The van der Waals surface area contributed by atoms with Gasteiger partial charge in [0, 0.05) is 36.2 Å². The van der Waals surface area contributed by atoms with Gasteiger partial charge in [0.1, 0.15) is 22.6 Å². The topological polar surface area (TPSA) is 122 Å². The second-order valence-corrected chi connectivity index (χ2v) is 14.8. The number of carboxylic acids is 1. The van der Waals surface area contributed by atoms with E-state index in [0.717, 1.165) is 29.7 Å². The Morgan fingerprint density at radius 1 is 0.960 bits per heavy atom. The number of amides is 2. The molecule has 3 aromatic carbocycles. The molecule has 1 atom stereocenters. The van der Waals surface area contributed by atoms with Crippen LogP contribution in [0, 0.1) is 11.7 Å². The van der Waals surface area contributed by atoms with E-state index < -0.39 is 35.6 Å². The molecular formula is C39H45FN4O5S. The average Bonchev–Trinajstić information content (AvgIpc) is 3.55. The summed E-state index contributed by atoms with van der Waals surface area (Å²) in [6.07, 6.45) is 5.89. The Balaban J connectivity index is 1.26. The largest absolute Gasteiger partial charge is 0.494 e. The Morgan fingerprint density at radius 2 is 1.64 bits per heavy atom. The monoisotopic (exact) mass is 700 g/mol. The fourth-order valence-corrected chi connectivity index (χ4v) is 6.61. The first-order valence-electron chi connectivity index (χ1n) is 17.2. The zero-order valence-corrected chi connectivity index (χ0v) is 29.9. The number of aromatic nitrogens is 2. The molecule has 5 rings (SSSR count). The number of hydrogen-bond donors (Lipinski definition) is 2. The molecule has 1 aliphatic heterocycles. The lowest BCUT2D eigenvalue weighted by Gasteiger charge is -2.39. The number of benzene rings is 3. The van der Waals surface area contributed by atoms with Gasteiger partial charge in [-0.2, -0.15) is 0 Å². The van der Waals surface area contributed by atoms with E-state index in [-0.39, 0.29) is 30.5 Å². The first-order valence-corrected chi connectivity index (χ1v) is 18.0. The number of carbonyl (C=O) groups is 3. The maximum absolute atomic E-state index is 15.6. The highest BCUT2D eigenvalue weighted by Gasteiger charge is 2.39. The van der Waals surface area contributed by atoms with Gasteiger partial charge in [-0.25, -0.2) is 4.39 Å². The molecule has 0 radical (unpaired) electrons. The molecule has 0 saturated carbocycles. The normalized spacial score (nSPS) is 13.8. The van der Waals surface area contributed by atoms with Gasteiger partial charge in [-0.3, -0.25) is 14.4 Å². The standard InChI is InChI=1S/C39H45FN4O5S/c1-5-6-7-8-9-20-49-30-17-13-27(14-18-30)35-42-43-36(50-35)31-19-10-25(21-32(31)40)22-33(37(46)44-23-28(24-44)38(47)48)41-34(45)26-11-15-29(16-12-26)39(2,3)4/h10-19,21,28,33H,5-9,20,22-24H2,1-4H3,(H,41,45)(H,47,48)/t33-/m1/s1. The molecule has 11 heteroatoms. The summed E-state index contributed by atoms with van der Waals surface area (Å²) in [5.74, 6) is -2.22. The van der Waals surface area contributed by atoms with Crippen molar-refractivity contribution in [3.8, 4) is 26.9 Å². The van der Waals surface area contributed by atoms with E-state index in [4.69, 9.17) is 4.74 Å². The Morgan fingerprint density at radius 3 is 2.28 bits per heavy atom. The van der Waals surface area contributed by atoms with Crippen LogP contribution in [0.5, 0.6) is 5.75 Å². The van der Waals surface area contributed by atoms with Crippen LogP contribution in [0.25, 0.3) is 21.1 Å². The van der Waals surface area contributed by atoms with E-state index >= 15 is 4.39 Å². The summed E-state index contributed by atoms with van der Waals surface area (Å²) >= 11 is 1.27. The molecular weight excluding hydrogens is 656 g/mol. The van der Waals surface area contributed by atoms with Crippen LogP contribution in [0.2, 0.25) is 0 Å². The van der Waals surface area contributed by atoms with Gasteiger partial charge in [0.05, 0.1) is 12.5 Å². The molecule has 2 N–H and O–H groups in total. The number of nitrogens with zero attached hydrogens (tertiary/aromatic N) is 3. The number of halogens is 1. The summed E-state index contributed by atoms with van der Waals surface area (Å²) < 4.78 is 21.4. The lowest BCUT2D eigenvalue weighted by atomic mass is 9.86. The van der Waals surface area contributed by atoms with E-state index in [1.54, 1.807) is 24.3 Å². The summed E-state index contributed by atoms with van der Waals surface area (Å²) in [6.45, 7) is 9.22. The molecule has 50 heavy (non-hydrogen) atoms. The van der Waals surface area contributed by atoms with Crippen molar-refractivity contribution in [3.63, 3.8) is 0 Å². The average molecular weight is 701 g/mol. The van der Waals surface area contributed by atoms with Crippen LogP contribution in [-0.2, 0) is 21.4 Å². The van der Waals surface area contributed by atoms with Crippen molar-refractivity contribution in [3.05, 3.63) is 89.2 Å². The van der Waals surface area contributed by atoms with Crippen LogP contribution >= 0.6 is 11.3 Å². The Labute approximate surface area is 296 Å². The smallest absolute Gasteiger partial charge is 0.310 e. The van der Waals surface area contributed by atoms with Gasteiger partial charge < -0.3 is 20.1 Å². The Bertz CT molecular complexity index is 1780. The van der Waals surface area contributed by atoms with Gasteiger partial charge in [-0.05, 0) is 71.5 Å². The van der Waals surface area contributed by atoms with E-state index in [9.17, 15) is 19.5 Å². The van der Waals surface area contributed by atoms with E-state index in [0.29, 0.717) is 27.7 Å². The number of ether oxygens (including phenoxy) is 1. The minimum absolute atomic E-state index is 0.0185. The third kappa shape index (κ3) is 9.32. The van der Waals surface area contributed by atoms with Crippen molar-refractivity contribution in [2.45, 2.75) is 77.7 Å². The molecule has 0 bridgehead atoms. The van der Waals surface area contributed by atoms with Gasteiger partial charge in [-0.15, -0.1) is 10.2 Å². The van der Waals surface area contributed by atoms with Gasteiger partial charge in [0.15, 0.2) is 5.01 Å². The van der Waals surface area contributed by atoms with Crippen molar-refractivity contribution >= 4 is 29.1 Å². The number of carbonyl (C=O) groups excluding carboxylic acids is 2. The van der Waals surface area contributed by atoms with Crippen LogP contribution in [0.15, 0.2) is 66.7 Å². The van der Waals surface area contributed by atoms with E-state index in [1.807, 2.05) is 36.4 Å². The Kier molecular flexibility index (Phi) is 12.0. The molecule has 9 nitrogen and oxygen atoms in total. The third-order valence-corrected chi connectivity index (χ3v) is 9.91. The van der Waals surface area contributed by atoms with Crippen molar-refractivity contribution in [1.29, 1.82) is 0 Å². The first kappa shape index (κ1) is 36.6. The van der Waals surface area contributed by atoms with Crippen LogP contribution < -0.4 is 10.1 Å². The third-order valence-electron chi connectivity index (χ3n) is 8.91. The number of carboxylic acid groups (broad SMARTS) is 1. The number of rotatable bonds is 15. The van der Waals surface area contributed by atoms with Gasteiger partial charge in [0.25, 0.3) is 5.91 Å². The fraction of sp³-hybridized carbons (Fsp3) is 0.410. The quantitative estimate of drug-likeness (QED) is 0.123. The molecule has 2 heterocycles. The van der Waals surface area contributed by atoms with Crippen molar-refractivity contribution in [2.24, 2.45) is 5.92 Å². The molecule has 2 amide bonds. The molecule has 264 valence electrons. The number of nitrogens with one attached hydrogen (secondary N) is 1. The lowest BCUT2D eigenvalue weighted by Crippen LogP contribution is -2.59. The van der Waals surface area contributed by atoms with Crippen LogP contribution in [-0.4, -0.2) is 63.7 Å². The molecule has 4 aromatic rings. The van der Waals surface area contributed by atoms with Crippen molar-refractivity contribution in [2.75, 3.05) is 19.7 Å². The van der Waals surface area contributed by atoms with Gasteiger partial charge in [0.2, 0.25) is 5.91 Å². The predicted molar refractivity (Wildman–Crippen MR) is 193 cm³/mol. The number of likely N-dealkylation sites (tertiary alicyclic amines) is 1. The summed E-state index contributed by atoms with van der Waals surface area (Å²) in [5.41, 5.74) is 2.98. The number of aliphatic carboxylic acids is 1. The van der Waals surface area contributed by atoms with Gasteiger partial charge in [-0.1, -0.05) is 82.9 Å². The zero-order chi connectivity index (χ0) is 35.8. The summed E-state index contributed by atoms with van der Waals surface area (Å²) in [4.78, 5) is 39.5. The summed E-state index contributed by atoms with van der Waals surface area (Å²) in [7, 11) is 0. The number of unbranched alkanes of at least 4 members (excludes halogenated alkanes) is 4. The van der Waals surface area contributed by atoms with Crippen molar-refractivity contribution < 1.29 is 28.6 Å². The van der Waals surface area contributed by atoms with Crippen LogP contribution in [0.4, 0.5) is 4.39 Å². The highest BCUT2D eigenvalue weighted by molar-refractivity contribution is 7.17. The van der Waals surface area contributed by atoms with E-state index in [2.05, 4.69) is 43.2 Å². The minimum atomic E-state index is -1.02. The molecule has 1 saturated heterocycles. The van der Waals surface area contributed by atoms with Gasteiger partial charge >= 0.3 is 5.97 Å². The van der Waals surface area contributed by atoms with Crippen LogP contribution in [0.3, 0.4) is 0 Å². The Hall–Kier alpha value is -4.64. The van der Waals surface area contributed by atoms with E-state index in [1.165, 1.54) is 41.6 Å². The molecule has 0 spiro atoms. The summed E-state index contributed by atoms with van der Waals surface area (Å²) in [5, 5.41) is 21.7. The molecule has 0 unspecified atom stereocenters. The molecule has 1 fully saturated rings. The molecule has 1 aliphatic rings. The number of hydrogen-bond acceptors (Lipinski definition) is 7. The van der Waals surface area contributed by atoms with Crippen LogP contribution in [0.1, 0.15) is 81.3 Å². The second kappa shape index (κ2) is 16.4. The molecule has 0 aliphatic carbocycles. The highest BCUT2D eigenvalue weighted by atomic mass is 32.1. The highest BCUT2D eigenvalue weighted by Crippen LogP contribution is 2.33. The fourth-order valence-electron chi connectivity index (χ4n) is 5.73. The lowest BCUT2D eigenvalue weighted by molar-refractivity contribution is -0.153. The second-order valence-electron chi connectivity index (χ2n) is 13.8. The summed E-state index contributed by atoms with van der Waals surface area (Å²) in [6, 6.07) is 18.4. The minimum Gasteiger partial charge on any atom is -0.494 e. The maximum atomic E-state index is 15.6. The SMILES string of the molecule is CCCCCCCOc1ccc(-c2nnc(-c3ccc(C[C@@H](NC(=O)c4ccc(C(C)(C)C)cc4)C(=O)N4CC(C(=O)O)C4)cc3F)s2)cc1. The maximum Gasteiger partial charge on any atom is 0.310 e.